The number of hydrogen-bond donors (Lipinski definition) is 1. The molecule has 0 spiro atoms. The topological polar surface area (TPSA) is 42.0 Å². The number of amides is 1. The first-order chi connectivity index (χ1) is 8.97. The number of carbonyl (C=O) groups excluding carboxylic acids is 1. The molecule has 19 heavy (non-hydrogen) atoms. The monoisotopic (exact) mass is 342 g/mol. The van der Waals surface area contributed by atoms with Crippen LogP contribution in [0.25, 0.3) is 0 Å². The van der Waals surface area contributed by atoms with Gasteiger partial charge in [0.2, 0.25) is 0 Å². The molecule has 0 aliphatic carbocycles. The Morgan fingerprint density at radius 3 is 2.84 bits per heavy atom. The first-order valence-corrected chi connectivity index (χ1v) is 7.32. The quantitative estimate of drug-likeness (QED) is 0.920. The minimum Gasteiger partial charge on any atom is -0.343 e. The normalized spacial score (nSPS) is 12.2. The number of hydrogen-bond acceptors (Lipinski definition) is 3. The van der Waals surface area contributed by atoms with Gasteiger partial charge in [-0.15, -0.1) is 11.3 Å². The number of thiazole rings is 1. The Kier molecular flexibility index (Phi) is 4.31. The highest BCUT2D eigenvalue weighted by Gasteiger charge is 2.16. The van der Waals surface area contributed by atoms with Crippen molar-refractivity contribution in [2.45, 2.75) is 19.9 Å². The van der Waals surface area contributed by atoms with Crippen molar-refractivity contribution in [2.24, 2.45) is 0 Å². The standard InChI is InChI=1S/C13H12BrFN2OS/c1-7-6-19-13(16-7)8(2)17-12(18)10-4-3-9(15)5-11(10)14/h3-6,8H,1-2H3,(H,17,18). The Morgan fingerprint density at radius 2 is 2.26 bits per heavy atom. The predicted octanol–water partition coefficient (Wildman–Crippen LogP) is 3.84. The van der Waals surface area contributed by atoms with Crippen molar-refractivity contribution in [3.8, 4) is 0 Å². The average Bonchev–Trinajstić information content (AvgIpc) is 2.75. The molecule has 2 rings (SSSR count). The summed E-state index contributed by atoms with van der Waals surface area (Å²) in [6, 6.07) is 3.81. The molecule has 0 aliphatic rings. The smallest absolute Gasteiger partial charge is 0.252 e. The summed E-state index contributed by atoms with van der Waals surface area (Å²) in [7, 11) is 0. The summed E-state index contributed by atoms with van der Waals surface area (Å²) in [6.45, 7) is 3.78. The molecule has 1 amide bonds. The van der Waals surface area contributed by atoms with E-state index in [2.05, 4.69) is 26.2 Å². The SMILES string of the molecule is Cc1csc(C(C)NC(=O)c2ccc(F)cc2Br)n1. The molecule has 1 unspecified atom stereocenters. The van der Waals surface area contributed by atoms with Gasteiger partial charge in [0.15, 0.2) is 0 Å². The van der Waals surface area contributed by atoms with E-state index in [4.69, 9.17) is 0 Å². The van der Waals surface area contributed by atoms with Gasteiger partial charge in [0, 0.05) is 15.5 Å². The van der Waals surface area contributed by atoms with E-state index in [9.17, 15) is 9.18 Å². The maximum absolute atomic E-state index is 13.0. The van der Waals surface area contributed by atoms with Gasteiger partial charge in [0.25, 0.3) is 5.91 Å². The van der Waals surface area contributed by atoms with Crippen LogP contribution in [0.1, 0.15) is 34.0 Å². The van der Waals surface area contributed by atoms with Crippen molar-refractivity contribution in [3.63, 3.8) is 0 Å². The van der Waals surface area contributed by atoms with E-state index >= 15 is 0 Å². The number of benzene rings is 1. The highest BCUT2D eigenvalue weighted by molar-refractivity contribution is 9.10. The van der Waals surface area contributed by atoms with Crippen molar-refractivity contribution >= 4 is 33.2 Å². The third-order valence-corrected chi connectivity index (χ3v) is 4.33. The molecule has 1 aromatic carbocycles. The van der Waals surface area contributed by atoms with Crippen LogP contribution in [0, 0.1) is 12.7 Å². The van der Waals surface area contributed by atoms with Gasteiger partial charge < -0.3 is 5.32 Å². The lowest BCUT2D eigenvalue weighted by molar-refractivity contribution is 0.0939. The minimum absolute atomic E-state index is 0.178. The largest absolute Gasteiger partial charge is 0.343 e. The summed E-state index contributed by atoms with van der Waals surface area (Å²) >= 11 is 4.69. The molecule has 100 valence electrons. The molecule has 1 heterocycles. The molecule has 0 bridgehead atoms. The number of aryl methyl sites for hydroxylation is 1. The third kappa shape index (κ3) is 3.39. The van der Waals surface area contributed by atoms with Crippen molar-refractivity contribution in [3.05, 3.63) is 50.1 Å². The first kappa shape index (κ1) is 14.1. The lowest BCUT2D eigenvalue weighted by Gasteiger charge is -2.12. The van der Waals surface area contributed by atoms with E-state index in [-0.39, 0.29) is 17.8 Å². The van der Waals surface area contributed by atoms with Crippen LogP contribution >= 0.6 is 27.3 Å². The summed E-state index contributed by atoms with van der Waals surface area (Å²) in [5, 5.41) is 5.63. The number of nitrogens with zero attached hydrogens (tertiary/aromatic N) is 1. The molecule has 0 saturated heterocycles. The van der Waals surface area contributed by atoms with Crippen LogP contribution in [0.4, 0.5) is 4.39 Å². The van der Waals surface area contributed by atoms with Gasteiger partial charge in [-0.3, -0.25) is 4.79 Å². The zero-order valence-corrected chi connectivity index (χ0v) is 12.8. The van der Waals surface area contributed by atoms with Crippen molar-refractivity contribution in [1.29, 1.82) is 0 Å². The Labute approximate surface area is 123 Å². The molecular formula is C13H12BrFN2OS. The first-order valence-electron chi connectivity index (χ1n) is 5.65. The second-order valence-corrected chi connectivity index (χ2v) is 5.89. The highest BCUT2D eigenvalue weighted by Crippen LogP contribution is 2.21. The Balaban J connectivity index is 2.12. The van der Waals surface area contributed by atoms with Crippen LogP contribution in [0.5, 0.6) is 0 Å². The van der Waals surface area contributed by atoms with Crippen LogP contribution in [0.15, 0.2) is 28.1 Å². The second kappa shape index (κ2) is 5.79. The summed E-state index contributed by atoms with van der Waals surface area (Å²) in [5.41, 5.74) is 1.34. The lowest BCUT2D eigenvalue weighted by atomic mass is 10.2. The molecular weight excluding hydrogens is 331 g/mol. The van der Waals surface area contributed by atoms with Crippen LogP contribution in [0.3, 0.4) is 0 Å². The molecule has 3 nitrogen and oxygen atoms in total. The summed E-state index contributed by atoms with van der Waals surface area (Å²) in [6.07, 6.45) is 0. The van der Waals surface area contributed by atoms with Crippen LogP contribution in [-0.2, 0) is 0 Å². The molecule has 1 atom stereocenters. The van der Waals surface area contributed by atoms with Crippen molar-refractivity contribution in [1.82, 2.24) is 10.3 Å². The Hall–Kier alpha value is -1.27. The molecule has 0 aliphatic heterocycles. The molecule has 1 N–H and O–H groups in total. The van der Waals surface area contributed by atoms with E-state index in [1.807, 2.05) is 19.2 Å². The molecule has 2 aromatic rings. The summed E-state index contributed by atoms with van der Waals surface area (Å²) < 4.78 is 13.4. The van der Waals surface area contributed by atoms with Gasteiger partial charge in [-0.2, -0.15) is 0 Å². The number of aromatic nitrogens is 1. The van der Waals surface area contributed by atoms with E-state index in [1.54, 1.807) is 0 Å². The van der Waals surface area contributed by atoms with Crippen molar-refractivity contribution < 1.29 is 9.18 Å². The molecule has 1 aromatic heterocycles. The second-order valence-electron chi connectivity index (χ2n) is 4.15. The van der Waals surface area contributed by atoms with E-state index in [0.29, 0.717) is 10.0 Å². The third-order valence-electron chi connectivity index (χ3n) is 2.53. The van der Waals surface area contributed by atoms with Gasteiger partial charge >= 0.3 is 0 Å². The number of carbonyl (C=O) groups is 1. The fourth-order valence-corrected chi connectivity index (χ4v) is 2.92. The Bertz CT molecular complexity index is 614. The maximum atomic E-state index is 13.0. The maximum Gasteiger partial charge on any atom is 0.252 e. The zero-order chi connectivity index (χ0) is 14.0. The van der Waals surface area contributed by atoms with Gasteiger partial charge in [0.05, 0.1) is 11.6 Å². The molecule has 6 heteroatoms. The predicted molar refractivity (Wildman–Crippen MR) is 76.8 cm³/mol. The zero-order valence-electron chi connectivity index (χ0n) is 10.4. The van der Waals surface area contributed by atoms with E-state index < -0.39 is 0 Å². The van der Waals surface area contributed by atoms with Crippen LogP contribution < -0.4 is 5.32 Å². The van der Waals surface area contributed by atoms with E-state index in [0.717, 1.165) is 10.7 Å². The summed E-state index contributed by atoms with van der Waals surface area (Å²) in [5.74, 6) is -0.640. The van der Waals surface area contributed by atoms with Gasteiger partial charge in [-0.25, -0.2) is 9.37 Å². The molecule has 0 fully saturated rings. The highest BCUT2D eigenvalue weighted by atomic mass is 79.9. The molecule has 0 radical (unpaired) electrons. The number of rotatable bonds is 3. The number of halogens is 2. The van der Waals surface area contributed by atoms with Crippen LogP contribution in [0.2, 0.25) is 0 Å². The van der Waals surface area contributed by atoms with E-state index in [1.165, 1.54) is 29.5 Å². The van der Waals surface area contributed by atoms with Gasteiger partial charge in [0.1, 0.15) is 10.8 Å². The minimum atomic E-state index is -0.382. The fraction of sp³-hybridized carbons (Fsp3) is 0.231. The lowest BCUT2D eigenvalue weighted by Crippen LogP contribution is -2.26. The Morgan fingerprint density at radius 1 is 1.53 bits per heavy atom. The van der Waals surface area contributed by atoms with Crippen molar-refractivity contribution in [2.75, 3.05) is 0 Å². The van der Waals surface area contributed by atoms with Gasteiger partial charge in [-0.05, 0) is 48.0 Å². The van der Waals surface area contributed by atoms with Crippen LogP contribution in [-0.4, -0.2) is 10.9 Å². The number of nitrogens with one attached hydrogen (secondary N) is 1. The average molecular weight is 343 g/mol. The summed E-state index contributed by atoms with van der Waals surface area (Å²) in [4.78, 5) is 16.4. The molecule has 0 saturated carbocycles. The van der Waals surface area contributed by atoms with Gasteiger partial charge in [-0.1, -0.05) is 0 Å². The fourth-order valence-electron chi connectivity index (χ4n) is 1.58.